The molecule has 2 fully saturated rings. The van der Waals surface area contributed by atoms with Crippen molar-refractivity contribution in [3.05, 3.63) is 64.7 Å². The summed E-state index contributed by atoms with van der Waals surface area (Å²) in [6.45, 7) is 2.02. The Morgan fingerprint density at radius 3 is 2.28 bits per heavy atom. The van der Waals surface area contributed by atoms with E-state index in [2.05, 4.69) is 4.90 Å². The average molecular weight is 447 g/mol. The summed E-state index contributed by atoms with van der Waals surface area (Å²) in [5.74, 6) is -0.415. The number of carbonyl (C=O) groups is 1. The zero-order valence-electron chi connectivity index (χ0n) is 17.9. The molecule has 0 radical (unpaired) electrons. The number of benzene rings is 2. The third kappa shape index (κ3) is 5.44. The van der Waals surface area contributed by atoms with Crippen LogP contribution in [0, 0.1) is 5.92 Å². The Labute approximate surface area is 186 Å². The Hall–Kier alpha value is -2.54. The lowest BCUT2D eigenvalue weighted by Crippen LogP contribution is -2.49. The number of hydrogen-bond donors (Lipinski definition) is 1. The first kappa shape index (κ1) is 22.6. The molecule has 172 valence electrons. The van der Waals surface area contributed by atoms with Gasteiger partial charge in [-0.15, -0.1) is 0 Å². The summed E-state index contributed by atoms with van der Waals surface area (Å²) >= 11 is 0. The van der Waals surface area contributed by atoms with Gasteiger partial charge >= 0.3 is 12.1 Å². The van der Waals surface area contributed by atoms with Gasteiger partial charge in [-0.3, -0.25) is 9.69 Å². The minimum Gasteiger partial charge on any atom is -0.489 e. The highest BCUT2D eigenvalue weighted by molar-refractivity contribution is 5.71. The van der Waals surface area contributed by atoms with E-state index in [4.69, 9.17) is 9.84 Å². The molecule has 1 aliphatic carbocycles. The number of carboxylic acids is 1. The zero-order chi connectivity index (χ0) is 22.7. The van der Waals surface area contributed by atoms with Crippen molar-refractivity contribution in [3.8, 4) is 5.75 Å². The van der Waals surface area contributed by atoms with Gasteiger partial charge in [0.2, 0.25) is 0 Å². The van der Waals surface area contributed by atoms with Crippen molar-refractivity contribution in [2.75, 3.05) is 13.1 Å². The number of rotatable bonds is 7. The number of alkyl halides is 3. The number of aliphatic carboxylic acids is 1. The van der Waals surface area contributed by atoms with Crippen LogP contribution in [0.3, 0.4) is 0 Å². The molecule has 0 atom stereocenters. The van der Waals surface area contributed by atoms with Gasteiger partial charge in [0.1, 0.15) is 12.4 Å². The van der Waals surface area contributed by atoms with Crippen molar-refractivity contribution in [2.24, 2.45) is 5.92 Å². The predicted octanol–water partition coefficient (Wildman–Crippen LogP) is 5.85. The second kappa shape index (κ2) is 9.53. The van der Waals surface area contributed by atoms with E-state index in [1.165, 1.54) is 12.1 Å². The molecule has 2 aliphatic rings. The molecular formula is C25H28F3NO3. The molecule has 32 heavy (non-hydrogen) atoms. The third-order valence-corrected chi connectivity index (χ3v) is 6.51. The first-order valence-corrected chi connectivity index (χ1v) is 11.2. The van der Waals surface area contributed by atoms with Crippen molar-refractivity contribution in [2.45, 2.75) is 57.3 Å². The largest absolute Gasteiger partial charge is 0.489 e. The van der Waals surface area contributed by atoms with Crippen LogP contribution in [-0.2, 0) is 24.1 Å². The van der Waals surface area contributed by atoms with Gasteiger partial charge in [0.25, 0.3) is 0 Å². The summed E-state index contributed by atoms with van der Waals surface area (Å²) in [5.41, 5.74) is 1.69. The number of carboxylic acid groups (broad SMARTS) is 1. The fourth-order valence-corrected chi connectivity index (χ4v) is 4.68. The normalized spacial score (nSPS) is 18.3. The van der Waals surface area contributed by atoms with Crippen LogP contribution in [0.5, 0.6) is 5.75 Å². The lowest BCUT2D eigenvalue weighted by molar-refractivity contribution is -0.147. The molecule has 4 rings (SSSR count). The van der Waals surface area contributed by atoms with E-state index in [1.807, 2.05) is 24.3 Å². The molecule has 1 heterocycles. The van der Waals surface area contributed by atoms with Crippen LogP contribution < -0.4 is 4.74 Å². The van der Waals surface area contributed by atoms with E-state index in [0.29, 0.717) is 30.9 Å². The van der Waals surface area contributed by atoms with Crippen molar-refractivity contribution in [3.63, 3.8) is 0 Å². The minimum atomic E-state index is -4.34. The first-order chi connectivity index (χ1) is 15.3. The quantitative estimate of drug-likeness (QED) is 0.579. The monoisotopic (exact) mass is 447 g/mol. The highest BCUT2D eigenvalue weighted by Gasteiger charge is 2.35. The molecule has 0 unspecified atom stereocenters. The van der Waals surface area contributed by atoms with Gasteiger partial charge in [0.15, 0.2) is 0 Å². The highest BCUT2D eigenvalue weighted by Crippen LogP contribution is 2.41. The molecule has 0 spiro atoms. The lowest BCUT2D eigenvalue weighted by atomic mass is 9.81. The summed E-state index contributed by atoms with van der Waals surface area (Å²) < 4.78 is 46.5. The van der Waals surface area contributed by atoms with Gasteiger partial charge in [-0.1, -0.05) is 43.5 Å². The fraction of sp³-hybridized carbons (Fsp3) is 0.480. The van der Waals surface area contributed by atoms with Gasteiger partial charge in [0.05, 0.1) is 11.5 Å². The summed E-state index contributed by atoms with van der Waals surface area (Å²) in [4.78, 5) is 13.0. The molecule has 0 amide bonds. The molecule has 2 aromatic carbocycles. The Balaban J connectivity index is 1.37. The summed E-state index contributed by atoms with van der Waals surface area (Å²) in [7, 11) is 0. The van der Waals surface area contributed by atoms with Crippen molar-refractivity contribution < 1.29 is 27.8 Å². The van der Waals surface area contributed by atoms with Crippen molar-refractivity contribution in [1.82, 2.24) is 4.90 Å². The molecule has 0 bridgehead atoms. The van der Waals surface area contributed by atoms with E-state index in [9.17, 15) is 18.0 Å². The SMILES string of the molecule is O=C(O)C1CN(Cc2ccc(OCc3ccc(C(F)(F)F)c(C4CCCCC4)c3)cc2)C1. The smallest absolute Gasteiger partial charge is 0.416 e. The van der Waals surface area contributed by atoms with Crippen LogP contribution in [0.25, 0.3) is 0 Å². The Morgan fingerprint density at radius 2 is 1.66 bits per heavy atom. The van der Waals surface area contributed by atoms with E-state index in [-0.39, 0.29) is 18.4 Å². The minimum absolute atomic E-state index is 0.0400. The van der Waals surface area contributed by atoms with Crippen molar-refractivity contribution in [1.29, 1.82) is 0 Å². The van der Waals surface area contributed by atoms with Crippen LogP contribution >= 0.6 is 0 Å². The molecule has 4 nitrogen and oxygen atoms in total. The maximum Gasteiger partial charge on any atom is 0.416 e. The Kier molecular flexibility index (Phi) is 6.74. The highest BCUT2D eigenvalue weighted by atomic mass is 19.4. The summed E-state index contributed by atoms with van der Waals surface area (Å²) in [6, 6.07) is 11.9. The molecule has 1 aliphatic heterocycles. The second-order valence-electron chi connectivity index (χ2n) is 8.92. The third-order valence-electron chi connectivity index (χ3n) is 6.51. The lowest BCUT2D eigenvalue weighted by Gasteiger charge is -2.36. The number of halogens is 3. The number of hydrogen-bond acceptors (Lipinski definition) is 3. The predicted molar refractivity (Wildman–Crippen MR) is 114 cm³/mol. The van der Waals surface area contributed by atoms with Gasteiger partial charge in [-0.05, 0) is 53.6 Å². The Morgan fingerprint density at radius 1 is 1.00 bits per heavy atom. The fourth-order valence-electron chi connectivity index (χ4n) is 4.68. The maximum atomic E-state index is 13.5. The molecular weight excluding hydrogens is 419 g/mol. The second-order valence-corrected chi connectivity index (χ2v) is 8.92. The van der Waals surface area contributed by atoms with E-state index in [0.717, 1.165) is 43.2 Å². The van der Waals surface area contributed by atoms with Crippen LogP contribution in [0.15, 0.2) is 42.5 Å². The summed E-state index contributed by atoms with van der Waals surface area (Å²) in [6.07, 6.45) is 0.308. The number of ether oxygens (including phenoxy) is 1. The molecule has 1 N–H and O–H groups in total. The number of nitrogens with zero attached hydrogens (tertiary/aromatic N) is 1. The van der Waals surface area contributed by atoms with Crippen molar-refractivity contribution >= 4 is 5.97 Å². The maximum absolute atomic E-state index is 13.5. The summed E-state index contributed by atoms with van der Waals surface area (Å²) in [5, 5.41) is 8.95. The topological polar surface area (TPSA) is 49.8 Å². The van der Waals surface area contributed by atoms with E-state index < -0.39 is 17.7 Å². The molecule has 7 heteroatoms. The van der Waals surface area contributed by atoms with Crippen LogP contribution in [-0.4, -0.2) is 29.1 Å². The molecule has 0 aromatic heterocycles. The van der Waals surface area contributed by atoms with Crippen LogP contribution in [0.4, 0.5) is 13.2 Å². The van der Waals surface area contributed by atoms with Gasteiger partial charge in [-0.2, -0.15) is 13.2 Å². The Bertz CT molecular complexity index is 930. The zero-order valence-corrected chi connectivity index (χ0v) is 17.9. The molecule has 1 saturated heterocycles. The molecule has 1 saturated carbocycles. The first-order valence-electron chi connectivity index (χ1n) is 11.2. The number of likely N-dealkylation sites (tertiary alicyclic amines) is 1. The molecule has 2 aromatic rings. The van der Waals surface area contributed by atoms with E-state index >= 15 is 0 Å². The van der Waals surface area contributed by atoms with Gasteiger partial charge in [0, 0.05) is 19.6 Å². The van der Waals surface area contributed by atoms with Crippen LogP contribution in [0.2, 0.25) is 0 Å². The standard InChI is InChI=1S/C25H28F3NO3/c26-25(27,28)23-11-8-18(12-22(23)19-4-2-1-3-5-19)16-32-21-9-6-17(7-10-21)13-29-14-20(15-29)24(30)31/h6-12,19-20H,1-5,13-16H2,(H,30,31). The van der Waals surface area contributed by atoms with Gasteiger partial charge < -0.3 is 9.84 Å². The van der Waals surface area contributed by atoms with Gasteiger partial charge in [-0.25, -0.2) is 0 Å². The average Bonchev–Trinajstić information content (AvgIpc) is 2.75. The van der Waals surface area contributed by atoms with Crippen LogP contribution in [0.1, 0.15) is 60.3 Å². The van der Waals surface area contributed by atoms with E-state index in [1.54, 1.807) is 6.07 Å².